The Balaban J connectivity index is 1.61. The Bertz CT molecular complexity index is 605. The van der Waals surface area contributed by atoms with Gasteiger partial charge in [-0.25, -0.2) is 0 Å². The Morgan fingerprint density at radius 2 is 2.26 bits per heavy atom. The molecule has 0 radical (unpaired) electrons. The van der Waals surface area contributed by atoms with E-state index in [2.05, 4.69) is 26.4 Å². The number of aromatic nitrogens is 1. The van der Waals surface area contributed by atoms with E-state index >= 15 is 0 Å². The van der Waals surface area contributed by atoms with E-state index in [0.29, 0.717) is 18.2 Å². The molecule has 19 heavy (non-hydrogen) atoms. The minimum atomic E-state index is -0.198. The summed E-state index contributed by atoms with van der Waals surface area (Å²) < 4.78 is 6.16. The third kappa shape index (κ3) is 3.04. The number of amides is 1. The molecule has 1 heterocycles. The molecule has 1 aromatic heterocycles. The van der Waals surface area contributed by atoms with Gasteiger partial charge in [-0.15, -0.1) is 0 Å². The number of nitrogens with one attached hydrogen (secondary N) is 1. The Hall–Kier alpha value is -1.62. The summed E-state index contributed by atoms with van der Waals surface area (Å²) in [6.45, 7) is 0.476. The van der Waals surface area contributed by atoms with E-state index in [-0.39, 0.29) is 5.91 Å². The lowest BCUT2D eigenvalue weighted by atomic mass is 10.2. The average Bonchev–Trinajstić information content (AvgIpc) is 3.14. The molecule has 0 unspecified atom stereocenters. The second-order valence-corrected chi connectivity index (χ2v) is 5.62. The quantitative estimate of drug-likeness (QED) is 0.940. The van der Waals surface area contributed by atoms with Crippen LogP contribution in [0.3, 0.4) is 0 Å². The molecule has 5 heteroatoms. The Labute approximate surface area is 119 Å². The molecule has 0 bridgehead atoms. The summed E-state index contributed by atoms with van der Waals surface area (Å²) in [7, 11) is 0. The summed E-state index contributed by atoms with van der Waals surface area (Å²) in [5, 5.41) is 6.64. The lowest BCUT2D eigenvalue weighted by Crippen LogP contribution is -2.23. The molecule has 1 aromatic carbocycles. The first kappa shape index (κ1) is 12.4. The topological polar surface area (TPSA) is 55.1 Å². The highest BCUT2D eigenvalue weighted by atomic mass is 79.9. The van der Waals surface area contributed by atoms with Crippen LogP contribution < -0.4 is 5.32 Å². The Morgan fingerprint density at radius 3 is 3.00 bits per heavy atom. The highest BCUT2D eigenvalue weighted by molar-refractivity contribution is 9.10. The third-order valence-electron chi connectivity index (χ3n) is 3.08. The maximum Gasteiger partial charge on any atom is 0.273 e. The van der Waals surface area contributed by atoms with Crippen molar-refractivity contribution < 1.29 is 9.32 Å². The molecular weight excluding hydrogens is 308 g/mol. The average molecular weight is 321 g/mol. The Morgan fingerprint density at radius 1 is 1.42 bits per heavy atom. The maximum atomic E-state index is 11.9. The van der Waals surface area contributed by atoms with E-state index in [0.717, 1.165) is 28.6 Å². The lowest BCUT2D eigenvalue weighted by Gasteiger charge is -2.03. The zero-order valence-corrected chi connectivity index (χ0v) is 11.8. The molecule has 3 rings (SSSR count). The van der Waals surface area contributed by atoms with Crippen molar-refractivity contribution in [2.75, 3.05) is 0 Å². The van der Waals surface area contributed by atoms with Crippen LogP contribution in [-0.4, -0.2) is 11.1 Å². The molecule has 1 N–H and O–H groups in total. The van der Waals surface area contributed by atoms with Gasteiger partial charge in [-0.3, -0.25) is 4.79 Å². The first-order valence-electron chi connectivity index (χ1n) is 6.21. The highest BCUT2D eigenvalue weighted by Gasteiger charge is 2.28. The van der Waals surface area contributed by atoms with Crippen LogP contribution in [0.2, 0.25) is 0 Å². The smallest absolute Gasteiger partial charge is 0.273 e. The van der Waals surface area contributed by atoms with Crippen molar-refractivity contribution in [1.29, 1.82) is 0 Å². The molecule has 0 spiro atoms. The minimum Gasteiger partial charge on any atom is -0.360 e. The number of halogens is 1. The third-order valence-corrected chi connectivity index (χ3v) is 3.58. The summed E-state index contributed by atoms with van der Waals surface area (Å²) in [4.78, 5) is 11.9. The van der Waals surface area contributed by atoms with Gasteiger partial charge in [0.25, 0.3) is 5.91 Å². The Kier molecular flexibility index (Phi) is 3.38. The van der Waals surface area contributed by atoms with Gasteiger partial charge in [-0.1, -0.05) is 33.2 Å². The van der Waals surface area contributed by atoms with Gasteiger partial charge in [0.2, 0.25) is 0 Å². The summed E-state index contributed by atoms with van der Waals surface area (Å²) in [6, 6.07) is 9.56. The molecule has 1 amide bonds. The van der Waals surface area contributed by atoms with Crippen molar-refractivity contribution in [2.45, 2.75) is 25.3 Å². The molecule has 0 atom stereocenters. The maximum absolute atomic E-state index is 11.9. The second kappa shape index (κ2) is 5.17. The SMILES string of the molecule is O=C(NCc1cccc(Br)c1)c1cc(C2CC2)on1. The summed E-state index contributed by atoms with van der Waals surface area (Å²) in [5.74, 6) is 1.10. The van der Waals surface area contributed by atoms with Crippen LogP contribution >= 0.6 is 15.9 Å². The van der Waals surface area contributed by atoms with Gasteiger partial charge in [-0.2, -0.15) is 0 Å². The minimum absolute atomic E-state index is 0.198. The van der Waals surface area contributed by atoms with E-state index < -0.39 is 0 Å². The van der Waals surface area contributed by atoms with Crippen LogP contribution in [0.4, 0.5) is 0 Å². The van der Waals surface area contributed by atoms with Gasteiger partial charge in [0.05, 0.1) is 0 Å². The van der Waals surface area contributed by atoms with Crippen LogP contribution in [0, 0.1) is 0 Å². The number of hydrogen-bond acceptors (Lipinski definition) is 3. The molecule has 1 saturated carbocycles. The van der Waals surface area contributed by atoms with Crippen LogP contribution in [0.25, 0.3) is 0 Å². The largest absolute Gasteiger partial charge is 0.360 e. The first-order chi connectivity index (χ1) is 9.22. The monoisotopic (exact) mass is 320 g/mol. The number of carbonyl (C=O) groups excluding carboxylic acids is 1. The molecule has 1 fully saturated rings. The molecule has 98 valence electrons. The molecule has 1 aliphatic carbocycles. The number of nitrogens with zero attached hydrogens (tertiary/aromatic N) is 1. The van der Waals surface area contributed by atoms with Gasteiger partial charge in [0.15, 0.2) is 5.69 Å². The van der Waals surface area contributed by atoms with Crippen molar-refractivity contribution in [3.63, 3.8) is 0 Å². The number of benzene rings is 1. The van der Waals surface area contributed by atoms with Crippen molar-refractivity contribution in [3.8, 4) is 0 Å². The van der Waals surface area contributed by atoms with E-state index in [9.17, 15) is 4.79 Å². The van der Waals surface area contributed by atoms with Gasteiger partial charge in [0, 0.05) is 23.0 Å². The summed E-state index contributed by atoms with van der Waals surface area (Å²) in [6.07, 6.45) is 2.27. The fraction of sp³-hybridized carbons (Fsp3) is 0.286. The van der Waals surface area contributed by atoms with Crippen LogP contribution in [0.5, 0.6) is 0 Å². The molecule has 4 nitrogen and oxygen atoms in total. The number of carbonyl (C=O) groups is 1. The van der Waals surface area contributed by atoms with Gasteiger partial charge in [-0.05, 0) is 30.5 Å². The van der Waals surface area contributed by atoms with Gasteiger partial charge < -0.3 is 9.84 Å². The van der Waals surface area contributed by atoms with Crippen molar-refractivity contribution in [1.82, 2.24) is 10.5 Å². The molecule has 0 aliphatic heterocycles. The molecular formula is C14H13BrN2O2. The van der Waals surface area contributed by atoms with Crippen LogP contribution in [-0.2, 0) is 6.54 Å². The fourth-order valence-corrected chi connectivity index (χ4v) is 2.32. The van der Waals surface area contributed by atoms with Crippen LogP contribution in [0.1, 0.15) is 40.6 Å². The fourth-order valence-electron chi connectivity index (χ4n) is 1.88. The molecule has 0 saturated heterocycles. The zero-order valence-electron chi connectivity index (χ0n) is 10.2. The van der Waals surface area contributed by atoms with E-state index in [1.54, 1.807) is 6.07 Å². The normalized spacial score (nSPS) is 14.4. The number of hydrogen-bond donors (Lipinski definition) is 1. The predicted molar refractivity (Wildman–Crippen MR) is 73.8 cm³/mol. The standard InChI is InChI=1S/C14H13BrN2O2/c15-11-3-1-2-9(6-11)8-16-14(18)12-7-13(19-17-12)10-4-5-10/h1-3,6-7,10H,4-5,8H2,(H,16,18). The van der Waals surface area contributed by atoms with E-state index in [1.165, 1.54) is 0 Å². The second-order valence-electron chi connectivity index (χ2n) is 4.70. The zero-order chi connectivity index (χ0) is 13.2. The van der Waals surface area contributed by atoms with E-state index in [1.807, 2.05) is 24.3 Å². The summed E-state index contributed by atoms with van der Waals surface area (Å²) >= 11 is 3.40. The number of rotatable bonds is 4. The van der Waals surface area contributed by atoms with Crippen molar-refractivity contribution in [2.24, 2.45) is 0 Å². The molecule has 1 aliphatic rings. The van der Waals surface area contributed by atoms with Crippen molar-refractivity contribution in [3.05, 3.63) is 51.8 Å². The van der Waals surface area contributed by atoms with Crippen LogP contribution in [0.15, 0.2) is 39.3 Å². The van der Waals surface area contributed by atoms with Gasteiger partial charge in [0.1, 0.15) is 5.76 Å². The molecule has 2 aromatic rings. The first-order valence-corrected chi connectivity index (χ1v) is 7.01. The van der Waals surface area contributed by atoms with Gasteiger partial charge >= 0.3 is 0 Å². The summed E-state index contributed by atoms with van der Waals surface area (Å²) in [5.41, 5.74) is 1.39. The van der Waals surface area contributed by atoms with E-state index in [4.69, 9.17) is 4.52 Å². The predicted octanol–water partition coefficient (Wildman–Crippen LogP) is 3.24. The lowest BCUT2D eigenvalue weighted by molar-refractivity contribution is 0.0941. The highest BCUT2D eigenvalue weighted by Crippen LogP contribution is 2.40. The van der Waals surface area contributed by atoms with Crippen molar-refractivity contribution >= 4 is 21.8 Å².